The Kier molecular flexibility index (Phi) is 4.66. The number of nitrogens with one attached hydrogen (secondary N) is 1. The minimum atomic E-state index is -0.826. The van der Waals surface area contributed by atoms with Crippen LogP contribution in [-0.2, 0) is 9.59 Å². The molecule has 1 saturated carbocycles. The number of amides is 1. The number of hydrogen-bond donors (Lipinski definition) is 2. The minimum absolute atomic E-state index is 0.0500. The third-order valence-electron chi connectivity index (χ3n) is 4.84. The molecule has 1 amide bonds. The molecule has 5 heteroatoms. The Bertz CT molecular complexity index is 580. The number of rotatable bonds is 6. The largest absolute Gasteiger partial charge is 0.480 e. The molecule has 3 rings (SSSR count). The first kappa shape index (κ1) is 16.0. The topological polar surface area (TPSA) is 69.6 Å². The minimum Gasteiger partial charge on any atom is -0.480 e. The molecule has 1 saturated heterocycles. The van der Waals surface area contributed by atoms with Gasteiger partial charge in [-0.3, -0.25) is 14.5 Å². The molecule has 2 fully saturated rings. The van der Waals surface area contributed by atoms with Crippen molar-refractivity contribution in [3.63, 3.8) is 0 Å². The zero-order chi connectivity index (χ0) is 16.4. The zero-order valence-electron chi connectivity index (χ0n) is 13.5. The monoisotopic (exact) mass is 316 g/mol. The van der Waals surface area contributed by atoms with Crippen LogP contribution >= 0.6 is 0 Å². The van der Waals surface area contributed by atoms with E-state index < -0.39 is 12.0 Å². The van der Waals surface area contributed by atoms with Gasteiger partial charge in [-0.2, -0.15) is 0 Å². The van der Waals surface area contributed by atoms with Crippen molar-refractivity contribution >= 4 is 11.9 Å². The van der Waals surface area contributed by atoms with E-state index in [1.807, 2.05) is 6.92 Å². The molecule has 1 aliphatic carbocycles. The number of carbonyl (C=O) groups is 2. The maximum atomic E-state index is 12.4. The highest BCUT2D eigenvalue weighted by Crippen LogP contribution is 2.41. The van der Waals surface area contributed by atoms with Gasteiger partial charge in [0.05, 0.1) is 12.6 Å². The highest BCUT2D eigenvalue weighted by atomic mass is 16.4. The maximum absolute atomic E-state index is 12.4. The van der Waals surface area contributed by atoms with Gasteiger partial charge in [-0.05, 0) is 50.6 Å². The summed E-state index contributed by atoms with van der Waals surface area (Å²) in [5.41, 5.74) is 2.35. The highest BCUT2D eigenvalue weighted by Gasteiger charge is 2.35. The normalized spacial score (nSPS) is 22.7. The van der Waals surface area contributed by atoms with Gasteiger partial charge in [-0.25, -0.2) is 0 Å². The number of aryl methyl sites for hydroxylation is 1. The fourth-order valence-corrected chi connectivity index (χ4v) is 3.38. The molecule has 2 N–H and O–H groups in total. The third-order valence-corrected chi connectivity index (χ3v) is 4.84. The first-order valence-corrected chi connectivity index (χ1v) is 8.37. The van der Waals surface area contributed by atoms with E-state index in [0.29, 0.717) is 18.9 Å². The van der Waals surface area contributed by atoms with E-state index >= 15 is 0 Å². The van der Waals surface area contributed by atoms with Gasteiger partial charge in [-0.15, -0.1) is 0 Å². The molecule has 2 aliphatic rings. The predicted molar refractivity (Wildman–Crippen MR) is 87.0 cm³/mol. The van der Waals surface area contributed by atoms with Crippen LogP contribution in [0.2, 0.25) is 0 Å². The van der Waals surface area contributed by atoms with Gasteiger partial charge in [-0.1, -0.05) is 29.8 Å². The summed E-state index contributed by atoms with van der Waals surface area (Å²) in [6.45, 7) is 2.91. The Morgan fingerprint density at radius 2 is 1.96 bits per heavy atom. The molecule has 2 atom stereocenters. The average Bonchev–Trinajstić information content (AvgIpc) is 3.25. The van der Waals surface area contributed by atoms with Crippen LogP contribution in [-0.4, -0.2) is 41.0 Å². The molecule has 0 bridgehead atoms. The SMILES string of the molecule is Cc1ccc([C@@H](NC(=O)CN2CCC[C@H]2C(=O)O)C2CC2)cc1. The molecular formula is C18H24N2O3. The molecule has 0 spiro atoms. The van der Waals surface area contributed by atoms with Crippen molar-refractivity contribution in [2.24, 2.45) is 5.92 Å². The lowest BCUT2D eigenvalue weighted by Gasteiger charge is -2.23. The summed E-state index contributed by atoms with van der Waals surface area (Å²) in [7, 11) is 0. The van der Waals surface area contributed by atoms with Crippen LogP contribution in [0, 0.1) is 12.8 Å². The Balaban J connectivity index is 1.63. The van der Waals surface area contributed by atoms with E-state index in [0.717, 1.165) is 24.8 Å². The Morgan fingerprint density at radius 1 is 1.26 bits per heavy atom. The predicted octanol–water partition coefficient (Wildman–Crippen LogP) is 2.11. The second kappa shape index (κ2) is 6.71. The van der Waals surface area contributed by atoms with Crippen LogP contribution in [0.4, 0.5) is 0 Å². The Morgan fingerprint density at radius 3 is 2.57 bits per heavy atom. The van der Waals surface area contributed by atoms with Gasteiger partial charge >= 0.3 is 5.97 Å². The number of nitrogens with zero attached hydrogens (tertiary/aromatic N) is 1. The van der Waals surface area contributed by atoms with Crippen molar-refractivity contribution in [3.8, 4) is 0 Å². The first-order valence-electron chi connectivity index (χ1n) is 8.37. The van der Waals surface area contributed by atoms with Crippen LogP contribution in [0.3, 0.4) is 0 Å². The van der Waals surface area contributed by atoms with Crippen LogP contribution in [0.5, 0.6) is 0 Å². The fraction of sp³-hybridized carbons (Fsp3) is 0.556. The molecule has 1 heterocycles. The van der Waals surface area contributed by atoms with Crippen molar-refractivity contribution in [2.75, 3.05) is 13.1 Å². The van der Waals surface area contributed by atoms with Gasteiger partial charge in [0.25, 0.3) is 0 Å². The third kappa shape index (κ3) is 3.91. The van der Waals surface area contributed by atoms with Crippen molar-refractivity contribution in [3.05, 3.63) is 35.4 Å². The van der Waals surface area contributed by atoms with Crippen molar-refractivity contribution in [1.29, 1.82) is 0 Å². The number of carboxylic acid groups (broad SMARTS) is 1. The quantitative estimate of drug-likeness (QED) is 0.843. The van der Waals surface area contributed by atoms with Crippen LogP contribution in [0.15, 0.2) is 24.3 Å². The summed E-state index contributed by atoms with van der Waals surface area (Å²) < 4.78 is 0. The highest BCUT2D eigenvalue weighted by molar-refractivity contribution is 5.80. The van der Waals surface area contributed by atoms with Gasteiger partial charge in [0.1, 0.15) is 6.04 Å². The lowest BCUT2D eigenvalue weighted by Crippen LogP contribution is -2.44. The van der Waals surface area contributed by atoms with E-state index in [9.17, 15) is 14.7 Å². The molecule has 23 heavy (non-hydrogen) atoms. The van der Waals surface area contributed by atoms with Crippen molar-refractivity contribution in [2.45, 2.75) is 44.7 Å². The second-order valence-electron chi connectivity index (χ2n) is 6.76. The van der Waals surface area contributed by atoms with Crippen LogP contribution in [0.25, 0.3) is 0 Å². The average molecular weight is 316 g/mol. The Hall–Kier alpha value is -1.88. The van der Waals surface area contributed by atoms with Gasteiger partial charge in [0.15, 0.2) is 0 Å². The summed E-state index contributed by atoms with van der Waals surface area (Å²) in [6, 6.07) is 7.83. The molecule has 124 valence electrons. The number of aliphatic carboxylic acids is 1. The molecule has 1 aromatic carbocycles. The van der Waals surface area contributed by atoms with Gasteiger partial charge in [0.2, 0.25) is 5.91 Å². The van der Waals surface area contributed by atoms with E-state index in [1.165, 1.54) is 5.56 Å². The van der Waals surface area contributed by atoms with E-state index in [4.69, 9.17) is 0 Å². The van der Waals surface area contributed by atoms with Gasteiger partial charge in [0, 0.05) is 0 Å². The lowest BCUT2D eigenvalue weighted by molar-refractivity contribution is -0.142. The van der Waals surface area contributed by atoms with E-state index in [1.54, 1.807) is 4.90 Å². The van der Waals surface area contributed by atoms with Crippen LogP contribution in [0.1, 0.15) is 42.9 Å². The van der Waals surface area contributed by atoms with Crippen LogP contribution < -0.4 is 5.32 Å². The number of benzene rings is 1. The molecule has 1 aliphatic heterocycles. The van der Waals surface area contributed by atoms with Crippen molar-refractivity contribution in [1.82, 2.24) is 10.2 Å². The standard InChI is InChI=1S/C18H24N2O3/c1-12-4-6-13(7-5-12)17(14-8-9-14)19-16(21)11-20-10-2-3-15(20)18(22)23/h4-7,14-15,17H,2-3,8-11H2,1H3,(H,19,21)(H,22,23)/t15-,17+/m0/s1. The summed E-state index contributed by atoms with van der Waals surface area (Å²) in [6.07, 6.45) is 3.75. The summed E-state index contributed by atoms with van der Waals surface area (Å²) in [5, 5.41) is 12.3. The summed E-state index contributed by atoms with van der Waals surface area (Å²) in [4.78, 5) is 25.4. The fourth-order valence-electron chi connectivity index (χ4n) is 3.38. The number of hydrogen-bond acceptors (Lipinski definition) is 3. The molecule has 1 aromatic rings. The van der Waals surface area contributed by atoms with Gasteiger partial charge < -0.3 is 10.4 Å². The Labute approximate surface area is 136 Å². The zero-order valence-corrected chi connectivity index (χ0v) is 13.5. The smallest absolute Gasteiger partial charge is 0.320 e. The number of likely N-dealkylation sites (tertiary alicyclic amines) is 1. The molecular weight excluding hydrogens is 292 g/mol. The van der Waals surface area contributed by atoms with E-state index in [2.05, 4.69) is 29.6 Å². The summed E-state index contributed by atoms with van der Waals surface area (Å²) >= 11 is 0. The van der Waals surface area contributed by atoms with E-state index in [-0.39, 0.29) is 18.5 Å². The molecule has 0 radical (unpaired) electrons. The summed E-state index contributed by atoms with van der Waals surface area (Å²) in [5.74, 6) is -0.390. The maximum Gasteiger partial charge on any atom is 0.320 e. The lowest BCUT2D eigenvalue weighted by atomic mass is 10.0. The second-order valence-corrected chi connectivity index (χ2v) is 6.76. The molecule has 0 unspecified atom stereocenters. The molecule has 5 nitrogen and oxygen atoms in total. The van der Waals surface area contributed by atoms with Crippen molar-refractivity contribution < 1.29 is 14.7 Å². The number of carboxylic acids is 1. The first-order chi connectivity index (χ1) is 11.0. The number of carbonyl (C=O) groups excluding carboxylic acids is 1. The molecule has 0 aromatic heterocycles.